The summed E-state index contributed by atoms with van der Waals surface area (Å²) in [7, 11) is 0. The molecule has 0 saturated carbocycles. The van der Waals surface area contributed by atoms with Crippen molar-refractivity contribution in [2.24, 2.45) is 0 Å². The number of nitrogens with zero attached hydrogens (tertiary/aromatic N) is 1. The molecule has 1 nitrogen and oxygen atoms in total. The molecule has 1 rings (SSSR count). The van der Waals surface area contributed by atoms with E-state index >= 15 is 0 Å². The first kappa shape index (κ1) is 8.60. The van der Waals surface area contributed by atoms with Crippen LogP contribution in [-0.2, 0) is 6.54 Å². The van der Waals surface area contributed by atoms with Gasteiger partial charge in [0.05, 0.1) is 0 Å². The van der Waals surface area contributed by atoms with Gasteiger partial charge in [0, 0.05) is 16.9 Å². The van der Waals surface area contributed by atoms with E-state index in [2.05, 4.69) is 49.5 Å². The number of hydrogen-bond acceptors (Lipinski definition) is 1. The lowest BCUT2D eigenvalue weighted by molar-refractivity contribution is -0.693. The molecule has 1 heterocycles. The Balaban J connectivity index is 2.89. The Morgan fingerprint density at radius 2 is 1.82 bits per heavy atom. The second kappa shape index (κ2) is 3.77. The van der Waals surface area contributed by atoms with E-state index in [1.807, 2.05) is 0 Å². The highest BCUT2D eigenvalue weighted by Crippen LogP contribution is 1.96. The van der Waals surface area contributed by atoms with Crippen LogP contribution in [0, 0.1) is 13.8 Å². The summed E-state index contributed by atoms with van der Waals surface area (Å²) < 4.78 is 2.18. The van der Waals surface area contributed by atoms with Gasteiger partial charge in [0.25, 0.3) is 0 Å². The van der Waals surface area contributed by atoms with E-state index in [1.165, 1.54) is 11.1 Å². The number of aryl methyl sites for hydroxylation is 3. The molecule has 60 valence electrons. The second-order valence-electron chi connectivity index (χ2n) is 2.85. The molecule has 0 radical (unpaired) electrons. The van der Waals surface area contributed by atoms with Crippen LogP contribution in [0.25, 0.3) is 0 Å². The Morgan fingerprint density at radius 1 is 1.27 bits per heavy atom. The highest BCUT2D eigenvalue weighted by atomic mass is 32.1. The van der Waals surface area contributed by atoms with E-state index in [1.54, 1.807) is 0 Å². The van der Waals surface area contributed by atoms with Gasteiger partial charge in [-0.2, -0.15) is 12.6 Å². The highest BCUT2D eigenvalue weighted by molar-refractivity contribution is 7.80. The summed E-state index contributed by atoms with van der Waals surface area (Å²) in [6.45, 7) is 5.22. The minimum Gasteiger partial charge on any atom is -0.204 e. The molecule has 0 spiro atoms. The topological polar surface area (TPSA) is 3.88 Å². The predicted octanol–water partition coefficient (Wildman–Crippen LogP) is 1.52. The van der Waals surface area contributed by atoms with Crippen LogP contribution in [0.3, 0.4) is 0 Å². The van der Waals surface area contributed by atoms with Crippen molar-refractivity contribution >= 4 is 12.6 Å². The SMILES string of the molecule is Cc1cc(C)c[n+](CCS)c1. The second-order valence-corrected chi connectivity index (χ2v) is 3.30. The summed E-state index contributed by atoms with van der Waals surface area (Å²) in [5.41, 5.74) is 2.62. The van der Waals surface area contributed by atoms with Crippen molar-refractivity contribution in [2.75, 3.05) is 5.75 Å². The minimum absolute atomic E-state index is 0.896. The van der Waals surface area contributed by atoms with E-state index in [9.17, 15) is 0 Å². The van der Waals surface area contributed by atoms with Gasteiger partial charge in [-0.15, -0.1) is 0 Å². The third-order valence-corrected chi connectivity index (χ3v) is 1.75. The summed E-state index contributed by atoms with van der Waals surface area (Å²) >= 11 is 4.18. The number of thiol groups is 1. The lowest BCUT2D eigenvalue weighted by Gasteiger charge is -1.96. The van der Waals surface area contributed by atoms with Crippen molar-refractivity contribution in [3.8, 4) is 0 Å². The molecule has 0 amide bonds. The van der Waals surface area contributed by atoms with Crippen molar-refractivity contribution in [3.63, 3.8) is 0 Å². The monoisotopic (exact) mass is 168 g/mol. The molecule has 0 aliphatic rings. The van der Waals surface area contributed by atoms with Crippen LogP contribution in [0.2, 0.25) is 0 Å². The van der Waals surface area contributed by atoms with Gasteiger partial charge < -0.3 is 0 Å². The predicted molar refractivity (Wildman–Crippen MR) is 50.0 cm³/mol. The van der Waals surface area contributed by atoms with Crippen molar-refractivity contribution in [1.29, 1.82) is 0 Å². The maximum Gasteiger partial charge on any atom is 0.171 e. The third-order valence-electron chi connectivity index (χ3n) is 1.55. The first-order valence-corrected chi connectivity index (χ1v) is 4.44. The molecule has 0 atom stereocenters. The quantitative estimate of drug-likeness (QED) is 0.504. The van der Waals surface area contributed by atoms with Crippen LogP contribution >= 0.6 is 12.6 Å². The Labute approximate surface area is 73.5 Å². The smallest absolute Gasteiger partial charge is 0.171 e. The zero-order valence-corrected chi connectivity index (χ0v) is 7.94. The van der Waals surface area contributed by atoms with Gasteiger partial charge in [0.15, 0.2) is 18.9 Å². The molecule has 0 aliphatic heterocycles. The number of rotatable bonds is 2. The van der Waals surface area contributed by atoms with Crippen LogP contribution in [0.1, 0.15) is 11.1 Å². The Bertz CT molecular complexity index is 225. The van der Waals surface area contributed by atoms with Gasteiger partial charge in [-0.25, -0.2) is 4.57 Å². The molecule has 11 heavy (non-hydrogen) atoms. The van der Waals surface area contributed by atoms with E-state index < -0.39 is 0 Å². The van der Waals surface area contributed by atoms with Gasteiger partial charge in [0.2, 0.25) is 0 Å². The van der Waals surface area contributed by atoms with Crippen molar-refractivity contribution in [1.82, 2.24) is 0 Å². The van der Waals surface area contributed by atoms with Gasteiger partial charge in [-0.1, -0.05) is 0 Å². The fraction of sp³-hybridized carbons (Fsp3) is 0.444. The number of hydrogen-bond donors (Lipinski definition) is 1. The van der Waals surface area contributed by atoms with Crippen molar-refractivity contribution in [3.05, 3.63) is 29.6 Å². The normalized spacial score (nSPS) is 10.1. The maximum absolute atomic E-state index is 4.18. The molecule has 1 aromatic rings. The van der Waals surface area contributed by atoms with E-state index in [0.29, 0.717) is 0 Å². The number of pyridine rings is 1. The molecule has 0 bridgehead atoms. The molecule has 0 saturated heterocycles. The van der Waals surface area contributed by atoms with Gasteiger partial charge in [0.1, 0.15) is 0 Å². The van der Waals surface area contributed by atoms with Crippen LogP contribution in [0.4, 0.5) is 0 Å². The summed E-state index contributed by atoms with van der Waals surface area (Å²) in [5, 5.41) is 0. The maximum atomic E-state index is 4.18. The van der Waals surface area contributed by atoms with E-state index in [0.717, 1.165) is 12.3 Å². The molecule has 1 aromatic heterocycles. The average Bonchev–Trinajstić information content (AvgIpc) is 1.85. The van der Waals surface area contributed by atoms with E-state index in [-0.39, 0.29) is 0 Å². The minimum atomic E-state index is 0.896. The standard InChI is InChI=1S/C9H13NS/c1-8-5-9(2)7-10(6-8)3-4-11/h5-7H,3-4H2,1-2H3/p+1. The van der Waals surface area contributed by atoms with Crippen LogP contribution < -0.4 is 4.57 Å². The van der Waals surface area contributed by atoms with Crippen molar-refractivity contribution in [2.45, 2.75) is 20.4 Å². The third kappa shape index (κ3) is 2.54. The largest absolute Gasteiger partial charge is 0.204 e. The van der Waals surface area contributed by atoms with Crippen LogP contribution in [0.15, 0.2) is 18.5 Å². The zero-order chi connectivity index (χ0) is 8.27. The fourth-order valence-corrected chi connectivity index (χ4v) is 1.47. The highest BCUT2D eigenvalue weighted by Gasteiger charge is 1.99. The lowest BCUT2D eigenvalue weighted by atomic mass is 10.2. The van der Waals surface area contributed by atoms with Gasteiger partial charge in [-0.05, 0) is 19.9 Å². The average molecular weight is 168 g/mol. The van der Waals surface area contributed by atoms with Crippen LogP contribution in [0.5, 0.6) is 0 Å². The Morgan fingerprint density at radius 3 is 2.27 bits per heavy atom. The molecule has 0 aromatic carbocycles. The summed E-state index contributed by atoms with van der Waals surface area (Å²) in [4.78, 5) is 0. The first-order valence-electron chi connectivity index (χ1n) is 3.80. The molecule has 0 N–H and O–H groups in total. The molecule has 0 fully saturated rings. The van der Waals surface area contributed by atoms with Crippen LogP contribution in [-0.4, -0.2) is 5.75 Å². The fourth-order valence-electron chi connectivity index (χ4n) is 1.24. The lowest BCUT2D eigenvalue weighted by Crippen LogP contribution is -2.34. The molecular weight excluding hydrogens is 154 g/mol. The summed E-state index contributed by atoms with van der Waals surface area (Å²) in [6, 6.07) is 2.18. The summed E-state index contributed by atoms with van der Waals surface area (Å²) in [5.74, 6) is 0.896. The Hall–Kier alpha value is -0.500. The van der Waals surface area contributed by atoms with Gasteiger partial charge in [-0.3, -0.25) is 0 Å². The zero-order valence-electron chi connectivity index (χ0n) is 7.04. The number of aromatic nitrogens is 1. The first-order chi connectivity index (χ1) is 5.22. The molecular formula is C9H14NS+. The Kier molecular flexibility index (Phi) is 2.94. The van der Waals surface area contributed by atoms with Gasteiger partial charge >= 0.3 is 0 Å². The summed E-state index contributed by atoms with van der Waals surface area (Å²) in [6.07, 6.45) is 4.28. The van der Waals surface area contributed by atoms with Crippen molar-refractivity contribution < 1.29 is 4.57 Å². The molecule has 2 heteroatoms. The molecule has 0 aliphatic carbocycles. The molecule has 0 unspecified atom stereocenters. The van der Waals surface area contributed by atoms with E-state index in [4.69, 9.17) is 0 Å².